The van der Waals surface area contributed by atoms with Gasteiger partial charge in [0.25, 0.3) is 5.91 Å². The number of carbonyl (C=O) groups is 1. The first kappa shape index (κ1) is 17.8. The van der Waals surface area contributed by atoms with Gasteiger partial charge in [0.1, 0.15) is 11.5 Å². The Balaban J connectivity index is 1.86. The van der Waals surface area contributed by atoms with Gasteiger partial charge in [-0.15, -0.1) is 0 Å². The van der Waals surface area contributed by atoms with Gasteiger partial charge in [0.15, 0.2) is 0 Å². The number of rotatable bonds is 5. The minimum absolute atomic E-state index is 0.300. The molecular weight excluding hydrogens is 354 g/mol. The van der Waals surface area contributed by atoms with E-state index in [4.69, 9.17) is 21.1 Å². The zero-order valence-corrected chi connectivity index (χ0v) is 15.4. The molecule has 0 aliphatic heterocycles. The Labute approximate surface area is 156 Å². The molecular formula is C19H18ClN3O3. The van der Waals surface area contributed by atoms with E-state index in [1.165, 1.54) is 7.11 Å². The normalized spacial score (nSPS) is 10.5. The lowest BCUT2D eigenvalue weighted by molar-refractivity contribution is 0.102. The van der Waals surface area contributed by atoms with E-state index in [9.17, 15) is 4.79 Å². The summed E-state index contributed by atoms with van der Waals surface area (Å²) in [4.78, 5) is 12.7. The van der Waals surface area contributed by atoms with Gasteiger partial charge in [0, 0.05) is 5.56 Å². The number of benzene rings is 2. The number of nitrogens with one attached hydrogen (secondary N) is 1. The van der Waals surface area contributed by atoms with Crippen LogP contribution in [0.25, 0.3) is 5.69 Å². The molecule has 0 radical (unpaired) electrons. The lowest BCUT2D eigenvalue weighted by atomic mass is 10.1. The Hall–Kier alpha value is -2.99. The SMILES string of the molecule is COc1ccc(C(=O)Nc2cnn(-c3ccccc3Cl)c2)c(OC)c1C. The second-order valence-electron chi connectivity index (χ2n) is 5.55. The minimum atomic E-state index is -0.300. The number of para-hydroxylation sites is 1. The largest absolute Gasteiger partial charge is 0.496 e. The number of anilines is 1. The van der Waals surface area contributed by atoms with E-state index >= 15 is 0 Å². The van der Waals surface area contributed by atoms with Crippen LogP contribution < -0.4 is 14.8 Å². The van der Waals surface area contributed by atoms with Crippen LogP contribution in [0.1, 0.15) is 15.9 Å². The molecule has 0 aliphatic rings. The highest BCUT2D eigenvalue weighted by Crippen LogP contribution is 2.31. The lowest BCUT2D eigenvalue weighted by Gasteiger charge is -2.13. The van der Waals surface area contributed by atoms with Gasteiger partial charge in [-0.2, -0.15) is 5.10 Å². The molecule has 0 fully saturated rings. The van der Waals surface area contributed by atoms with Crippen molar-refractivity contribution in [2.75, 3.05) is 19.5 Å². The van der Waals surface area contributed by atoms with E-state index in [1.807, 2.05) is 25.1 Å². The Morgan fingerprint density at radius 2 is 1.92 bits per heavy atom. The number of hydrogen-bond acceptors (Lipinski definition) is 4. The molecule has 0 saturated carbocycles. The summed E-state index contributed by atoms with van der Waals surface area (Å²) in [5.41, 5.74) is 2.45. The van der Waals surface area contributed by atoms with Crippen LogP contribution in [-0.4, -0.2) is 29.9 Å². The van der Waals surface area contributed by atoms with Crippen LogP contribution in [0.15, 0.2) is 48.8 Å². The van der Waals surface area contributed by atoms with Crippen molar-refractivity contribution in [3.63, 3.8) is 0 Å². The standard InChI is InChI=1S/C19H18ClN3O3/c1-12-17(25-2)9-8-14(18(12)26-3)19(24)22-13-10-21-23(11-13)16-7-5-4-6-15(16)20/h4-11H,1-3H3,(H,22,24). The first-order chi connectivity index (χ1) is 12.5. The van der Waals surface area contributed by atoms with Crippen LogP contribution in [0.3, 0.4) is 0 Å². The molecule has 1 aromatic heterocycles. The molecule has 3 rings (SSSR count). The van der Waals surface area contributed by atoms with E-state index in [0.717, 1.165) is 11.3 Å². The Morgan fingerprint density at radius 1 is 1.15 bits per heavy atom. The predicted octanol–water partition coefficient (Wildman–Crippen LogP) is 4.10. The molecule has 6 nitrogen and oxygen atoms in total. The molecule has 0 spiro atoms. The van der Waals surface area contributed by atoms with Crippen LogP contribution in [0, 0.1) is 6.92 Å². The van der Waals surface area contributed by atoms with E-state index in [1.54, 1.807) is 42.4 Å². The molecule has 26 heavy (non-hydrogen) atoms. The average Bonchev–Trinajstić information content (AvgIpc) is 3.09. The molecule has 1 heterocycles. The number of halogens is 1. The molecule has 0 aliphatic carbocycles. The molecule has 0 unspecified atom stereocenters. The molecule has 1 amide bonds. The highest BCUT2D eigenvalue weighted by atomic mass is 35.5. The Morgan fingerprint density at radius 3 is 2.62 bits per heavy atom. The number of ether oxygens (including phenoxy) is 2. The lowest BCUT2D eigenvalue weighted by Crippen LogP contribution is -2.13. The summed E-state index contributed by atoms with van der Waals surface area (Å²) in [5.74, 6) is 0.830. The van der Waals surface area contributed by atoms with Crippen molar-refractivity contribution in [1.82, 2.24) is 9.78 Å². The van der Waals surface area contributed by atoms with Crippen molar-refractivity contribution < 1.29 is 14.3 Å². The van der Waals surface area contributed by atoms with Crippen LogP contribution in [0.4, 0.5) is 5.69 Å². The van der Waals surface area contributed by atoms with Gasteiger partial charge in [-0.05, 0) is 31.2 Å². The third-order valence-corrected chi connectivity index (χ3v) is 4.28. The van der Waals surface area contributed by atoms with Gasteiger partial charge < -0.3 is 14.8 Å². The zero-order valence-electron chi connectivity index (χ0n) is 14.6. The van der Waals surface area contributed by atoms with E-state index in [0.29, 0.717) is 27.8 Å². The van der Waals surface area contributed by atoms with Gasteiger partial charge in [-0.25, -0.2) is 4.68 Å². The van der Waals surface area contributed by atoms with Crippen LogP contribution >= 0.6 is 11.6 Å². The molecule has 0 atom stereocenters. The second kappa shape index (κ2) is 7.49. The smallest absolute Gasteiger partial charge is 0.259 e. The Bertz CT molecular complexity index is 953. The number of nitrogens with zero attached hydrogens (tertiary/aromatic N) is 2. The highest BCUT2D eigenvalue weighted by molar-refractivity contribution is 6.32. The Kier molecular flexibility index (Phi) is 5.14. The van der Waals surface area contributed by atoms with Crippen molar-refractivity contribution in [3.05, 3.63) is 64.9 Å². The molecule has 0 bridgehead atoms. The first-order valence-corrected chi connectivity index (χ1v) is 8.25. The molecule has 7 heteroatoms. The third kappa shape index (κ3) is 3.36. The molecule has 2 aromatic carbocycles. The highest BCUT2D eigenvalue weighted by Gasteiger charge is 2.18. The predicted molar refractivity (Wildman–Crippen MR) is 101 cm³/mol. The summed E-state index contributed by atoms with van der Waals surface area (Å²) in [7, 11) is 3.10. The zero-order chi connectivity index (χ0) is 18.7. The number of aromatic nitrogens is 2. The summed E-state index contributed by atoms with van der Waals surface area (Å²) in [6.45, 7) is 1.84. The van der Waals surface area contributed by atoms with Crippen molar-refractivity contribution in [2.24, 2.45) is 0 Å². The summed E-state index contributed by atoms with van der Waals surface area (Å²) < 4.78 is 12.3. The van der Waals surface area contributed by atoms with Gasteiger partial charge in [0.2, 0.25) is 0 Å². The maximum atomic E-state index is 12.7. The summed E-state index contributed by atoms with van der Waals surface area (Å²) in [5, 5.41) is 7.64. The number of hydrogen-bond donors (Lipinski definition) is 1. The maximum absolute atomic E-state index is 12.7. The van der Waals surface area contributed by atoms with E-state index in [-0.39, 0.29) is 5.91 Å². The van der Waals surface area contributed by atoms with Gasteiger partial charge in [-0.3, -0.25) is 4.79 Å². The fourth-order valence-electron chi connectivity index (χ4n) is 2.69. The van der Waals surface area contributed by atoms with Crippen molar-refractivity contribution in [3.8, 4) is 17.2 Å². The molecule has 0 saturated heterocycles. The second-order valence-corrected chi connectivity index (χ2v) is 5.96. The first-order valence-electron chi connectivity index (χ1n) is 7.87. The maximum Gasteiger partial charge on any atom is 0.259 e. The fraction of sp³-hybridized carbons (Fsp3) is 0.158. The van der Waals surface area contributed by atoms with E-state index in [2.05, 4.69) is 10.4 Å². The summed E-state index contributed by atoms with van der Waals surface area (Å²) >= 11 is 6.18. The fourth-order valence-corrected chi connectivity index (χ4v) is 2.91. The van der Waals surface area contributed by atoms with E-state index < -0.39 is 0 Å². The topological polar surface area (TPSA) is 65.4 Å². The third-order valence-electron chi connectivity index (χ3n) is 3.96. The number of methoxy groups -OCH3 is 2. The number of amides is 1. The van der Waals surface area contributed by atoms with Gasteiger partial charge in [-0.1, -0.05) is 23.7 Å². The minimum Gasteiger partial charge on any atom is -0.496 e. The number of carbonyl (C=O) groups excluding carboxylic acids is 1. The van der Waals surface area contributed by atoms with Gasteiger partial charge in [0.05, 0.1) is 48.6 Å². The van der Waals surface area contributed by atoms with Crippen molar-refractivity contribution in [1.29, 1.82) is 0 Å². The van der Waals surface area contributed by atoms with Crippen LogP contribution in [0.2, 0.25) is 5.02 Å². The molecule has 3 aromatic rings. The molecule has 1 N–H and O–H groups in total. The van der Waals surface area contributed by atoms with Gasteiger partial charge >= 0.3 is 0 Å². The van der Waals surface area contributed by atoms with Crippen molar-refractivity contribution in [2.45, 2.75) is 6.92 Å². The monoisotopic (exact) mass is 371 g/mol. The quantitative estimate of drug-likeness (QED) is 0.733. The van der Waals surface area contributed by atoms with Crippen LogP contribution in [-0.2, 0) is 0 Å². The average molecular weight is 372 g/mol. The summed E-state index contributed by atoms with van der Waals surface area (Å²) in [6, 6.07) is 10.7. The summed E-state index contributed by atoms with van der Waals surface area (Å²) in [6.07, 6.45) is 3.26. The van der Waals surface area contributed by atoms with Crippen molar-refractivity contribution >= 4 is 23.2 Å². The van der Waals surface area contributed by atoms with Crippen LogP contribution in [0.5, 0.6) is 11.5 Å². The molecule has 134 valence electrons.